The Bertz CT molecular complexity index is 328. The van der Waals surface area contributed by atoms with Gasteiger partial charge in [-0.3, -0.25) is 0 Å². The average molecular weight is 251 g/mol. The van der Waals surface area contributed by atoms with Gasteiger partial charge < -0.3 is 14.8 Å². The Labute approximate surface area is 110 Å². The lowest BCUT2D eigenvalue weighted by Crippen LogP contribution is -2.16. The predicted molar refractivity (Wildman–Crippen MR) is 74.6 cm³/mol. The summed E-state index contributed by atoms with van der Waals surface area (Å²) < 4.78 is 11.1. The standard InChI is InChI=1S/C15H25NO2/c1-4-16-10-14-7-6-8-15(9-14)12-18-13(3)11-17-5-2/h6-9,13,16H,4-5,10-12H2,1-3H3. The van der Waals surface area contributed by atoms with E-state index in [0.29, 0.717) is 13.2 Å². The van der Waals surface area contributed by atoms with Gasteiger partial charge >= 0.3 is 0 Å². The summed E-state index contributed by atoms with van der Waals surface area (Å²) in [4.78, 5) is 0. The van der Waals surface area contributed by atoms with Gasteiger partial charge in [0.15, 0.2) is 0 Å². The van der Waals surface area contributed by atoms with E-state index in [9.17, 15) is 0 Å². The van der Waals surface area contributed by atoms with Crippen molar-refractivity contribution in [2.75, 3.05) is 19.8 Å². The molecule has 0 spiro atoms. The molecule has 1 atom stereocenters. The fourth-order valence-electron chi connectivity index (χ4n) is 1.67. The molecular weight excluding hydrogens is 226 g/mol. The van der Waals surface area contributed by atoms with Crippen LogP contribution in [0.4, 0.5) is 0 Å². The van der Waals surface area contributed by atoms with Gasteiger partial charge in [-0.05, 0) is 31.5 Å². The monoisotopic (exact) mass is 251 g/mol. The van der Waals surface area contributed by atoms with Crippen LogP contribution >= 0.6 is 0 Å². The molecule has 1 N–H and O–H groups in total. The normalized spacial score (nSPS) is 12.6. The lowest BCUT2D eigenvalue weighted by molar-refractivity contribution is -0.0116. The number of hydrogen-bond acceptors (Lipinski definition) is 3. The van der Waals surface area contributed by atoms with Gasteiger partial charge in [0, 0.05) is 13.2 Å². The zero-order valence-electron chi connectivity index (χ0n) is 11.7. The highest BCUT2D eigenvalue weighted by molar-refractivity contribution is 5.22. The average Bonchev–Trinajstić information content (AvgIpc) is 2.41. The lowest BCUT2D eigenvalue weighted by Gasteiger charge is -2.13. The van der Waals surface area contributed by atoms with E-state index in [0.717, 1.165) is 19.7 Å². The van der Waals surface area contributed by atoms with Gasteiger partial charge in [-0.25, -0.2) is 0 Å². The fraction of sp³-hybridized carbons (Fsp3) is 0.600. The molecular formula is C15H25NO2. The lowest BCUT2D eigenvalue weighted by atomic mass is 10.1. The van der Waals surface area contributed by atoms with Crippen molar-refractivity contribution in [3.63, 3.8) is 0 Å². The van der Waals surface area contributed by atoms with Crippen LogP contribution in [0.5, 0.6) is 0 Å². The highest BCUT2D eigenvalue weighted by Gasteiger charge is 2.03. The molecule has 1 unspecified atom stereocenters. The second-order valence-electron chi connectivity index (χ2n) is 4.38. The van der Waals surface area contributed by atoms with Crippen LogP contribution in [0.25, 0.3) is 0 Å². The quantitative estimate of drug-likeness (QED) is 0.732. The van der Waals surface area contributed by atoms with Crippen LogP contribution in [0.3, 0.4) is 0 Å². The molecule has 3 heteroatoms. The Hall–Kier alpha value is -0.900. The number of hydrogen-bond donors (Lipinski definition) is 1. The Morgan fingerprint density at radius 3 is 2.72 bits per heavy atom. The Kier molecular flexibility index (Phi) is 7.65. The first kappa shape index (κ1) is 15.2. The van der Waals surface area contributed by atoms with Crippen molar-refractivity contribution >= 4 is 0 Å². The summed E-state index contributed by atoms with van der Waals surface area (Å²) >= 11 is 0. The minimum absolute atomic E-state index is 0.141. The molecule has 0 saturated heterocycles. The Morgan fingerprint density at radius 2 is 2.00 bits per heavy atom. The molecule has 0 aliphatic heterocycles. The van der Waals surface area contributed by atoms with Crippen LogP contribution < -0.4 is 5.32 Å². The maximum absolute atomic E-state index is 5.74. The van der Waals surface area contributed by atoms with E-state index in [1.807, 2.05) is 13.8 Å². The molecule has 0 aliphatic rings. The van der Waals surface area contributed by atoms with E-state index in [1.165, 1.54) is 11.1 Å². The minimum Gasteiger partial charge on any atom is -0.379 e. The van der Waals surface area contributed by atoms with Crippen molar-refractivity contribution in [1.29, 1.82) is 0 Å². The molecule has 1 rings (SSSR count). The van der Waals surface area contributed by atoms with Crippen molar-refractivity contribution in [3.05, 3.63) is 35.4 Å². The molecule has 0 radical (unpaired) electrons. The molecule has 1 aromatic carbocycles. The topological polar surface area (TPSA) is 30.5 Å². The third-order valence-corrected chi connectivity index (χ3v) is 2.66. The smallest absolute Gasteiger partial charge is 0.0785 e. The van der Waals surface area contributed by atoms with Gasteiger partial charge in [-0.2, -0.15) is 0 Å². The molecule has 0 bridgehead atoms. The summed E-state index contributed by atoms with van der Waals surface area (Å²) in [6.45, 7) is 10.1. The van der Waals surface area contributed by atoms with Gasteiger partial charge in [0.25, 0.3) is 0 Å². The molecule has 1 aromatic rings. The Balaban J connectivity index is 2.37. The molecule has 0 fully saturated rings. The molecule has 0 aromatic heterocycles. The molecule has 0 saturated carbocycles. The molecule has 0 heterocycles. The second kappa shape index (κ2) is 9.09. The van der Waals surface area contributed by atoms with Crippen molar-refractivity contribution in [3.8, 4) is 0 Å². The van der Waals surface area contributed by atoms with Gasteiger partial charge in [-0.15, -0.1) is 0 Å². The highest BCUT2D eigenvalue weighted by atomic mass is 16.5. The van der Waals surface area contributed by atoms with Gasteiger partial charge in [0.1, 0.15) is 0 Å². The number of rotatable bonds is 9. The van der Waals surface area contributed by atoms with Gasteiger partial charge in [0.2, 0.25) is 0 Å². The molecule has 3 nitrogen and oxygen atoms in total. The first-order valence-electron chi connectivity index (χ1n) is 6.74. The molecule has 18 heavy (non-hydrogen) atoms. The van der Waals surface area contributed by atoms with Gasteiger partial charge in [-0.1, -0.05) is 31.2 Å². The zero-order chi connectivity index (χ0) is 13.2. The van der Waals surface area contributed by atoms with E-state index < -0.39 is 0 Å². The van der Waals surface area contributed by atoms with E-state index in [-0.39, 0.29) is 6.10 Å². The third-order valence-electron chi connectivity index (χ3n) is 2.66. The summed E-state index contributed by atoms with van der Waals surface area (Å²) in [5.74, 6) is 0. The summed E-state index contributed by atoms with van der Waals surface area (Å²) in [6, 6.07) is 8.51. The van der Waals surface area contributed by atoms with Crippen LogP contribution in [0.1, 0.15) is 31.9 Å². The molecule has 0 amide bonds. The van der Waals surface area contributed by atoms with Gasteiger partial charge in [0.05, 0.1) is 19.3 Å². The van der Waals surface area contributed by atoms with E-state index >= 15 is 0 Å². The predicted octanol–water partition coefficient (Wildman–Crippen LogP) is 2.74. The molecule has 102 valence electrons. The maximum Gasteiger partial charge on any atom is 0.0785 e. The van der Waals surface area contributed by atoms with Crippen molar-refractivity contribution < 1.29 is 9.47 Å². The van der Waals surface area contributed by atoms with E-state index in [1.54, 1.807) is 0 Å². The first-order chi connectivity index (χ1) is 8.76. The first-order valence-corrected chi connectivity index (χ1v) is 6.74. The van der Waals surface area contributed by atoms with Crippen molar-refractivity contribution in [2.45, 2.75) is 40.0 Å². The number of benzene rings is 1. The minimum atomic E-state index is 0.141. The largest absolute Gasteiger partial charge is 0.379 e. The Morgan fingerprint density at radius 1 is 1.22 bits per heavy atom. The SMILES string of the molecule is CCNCc1cccc(COC(C)COCC)c1. The number of nitrogens with one attached hydrogen (secondary N) is 1. The summed E-state index contributed by atoms with van der Waals surface area (Å²) in [6.07, 6.45) is 0.141. The van der Waals surface area contributed by atoms with Crippen LogP contribution in [0.15, 0.2) is 24.3 Å². The number of ether oxygens (including phenoxy) is 2. The van der Waals surface area contributed by atoms with Crippen LogP contribution in [0, 0.1) is 0 Å². The maximum atomic E-state index is 5.74. The van der Waals surface area contributed by atoms with E-state index in [4.69, 9.17) is 9.47 Å². The second-order valence-corrected chi connectivity index (χ2v) is 4.38. The van der Waals surface area contributed by atoms with Crippen LogP contribution in [0.2, 0.25) is 0 Å². The molecule has 0 aliphatic carbocycles. The summed E-state index contributed by atoms with van der Waals surface area (Å²) in [7, 11) is 0. The van der Waals surface area contributed by atoms with Crippen LogP contribution in [-0.2, 0) is 22.6 Å². The van der Waals surface area contributed by atoms with Crippen molar-refractivity contribution in [1.82, 2.24) is 5.32 Å². The summed E-state index contributed by atoms with van der Waals surface area (Å²) in [5.41, 5.74) is 2.52. The fourth-order valence-corrected chi connectivity index (χ4v) is 1.67. The summed E-state index contributed by atoms with van der Waals surface area (Å²) in [5, 5.41) is 3.32. The highest BCUT2D eigenvalue weighted by Crippen LogP contribution is 2.08. The van der Waals surface area contributed by atoms with Crippen molar-refractivity contribution in [2.24, 2.45) is 0 Å². The van der Waals surface area contributed by atoms with E-state index in [2.05, 4.69) is 36.5 Å². The van der Waals surface area contributed by atoms with Crippen LogP contribution in [-0.4, -0.2) is 25.9 Å². The zero-order valence-corrected chi connectivity index (χ0v) is 11.7. The third kappa shape index (κ3) is 6.15.